The van der Waals surface area contributed by atoms with Gasteiger partial charge in [-0.05, 0) is 19.4 Å². The van der Waals surface area contributed by atoms with Crippen molar-refractivity contribution in [3.63, 3.8) is 0 Å². The Labute approximate surface area is 63.5 Å². The third kappa shape index (κ3) is 2.10. The molecule has 1 unspecified atom stereocenters. The number of ketones is 1. The maximum atomic E-state index is 10.9. The van der Waals surface area contributed by atoms with E-state index >= 15 is 0 Å². The van der Waals surface area contributed by atoms with Gasteiger partial charge in [0.15, 0.2) is 0 Å². The molecule has 0 amide bonds. The fraction of sp³-hybridized carbons (Fsp3) is 0.875. The molecular weight excluding hydrogens is 126 g/mol. The normalized spacial score (nSPS) is 25.1. The zero-order valence-corrected chi connectivity index (χ0v) is 6.52. The van der Waals surface area contributed by atoms with Crippen molar-refractivity contribution in [1.29, 1.82) is 0 Å². The lowest BCUT2D eigenvalue weighted by molar-refractivity contribution is -0.119. The third-order valence-corrected chi connectivity index (χ3v) is 2.03. The van der Waals surface area contributed by atoms with E-state index in [-0.39, 0.29) is 1.43 Å². The van der Waals surface area contributed by atoms with Crippen LogP contribution in [-0.4, -0.2) is 18.4 Å². The molecule has 1 saturated heterocycles. The molecule has 10 heavy (non-hydrogen) atoms. The Hall–Kier alpha value is -0.370. The maximum Gasteiger partial charge on any atom is 0.134 e. The highest BCUT2D eigenvalue weighted by Crippen LogP contribution is 2.09. The summed E-state index contributed by atoms with van der Waals surface area (Å²) < 4.78 is 0. The summed E-state index contributed by atoms with van der Waals surface area (Å²) in [5.41, 5.74) is 0. The van der Waals surface area contributed by atoms with Gasteiger partial charge in [-0.2, -0.15) is 0 Å². The van der Waals surface area contributed by atoms with Crippen LogP contribution in [0.2, 0.25) is 0 Å². The van der Waals surface area contributed by atoms with Crippen LogP contribution in [0.1, 0.15) is 34.0 Å². The molecule has 0 aromatic carbocycles. The summed E-state index contributed by atoms with van der Waals surface area (Å²) >= 11 is 0. The predicted octanol–water partition coefficient (Wildman–Crippen LogP) is 1.35. The maximum absolute atomic E-state index is 10.9. The molecule has 1 atom stereocenters. The van der Waals surface area contributed by atoms with Crippen LogP contribution in [-0.2, 0) is 4.79 Å². The van der Waals surface area contributed by atoms with Crippen molar-refractivity contribution >= 4 is 5.78 Å². The van der Waals surface area contributed by atoms with Crippen molar-refractivity contribution in [1.82, 2.24) is 5.32 Å². The van der Waals surface area contributed by atoms with Gasteiger partial charge in [0, 0.05) is 20.3 Å². The SMILES string of the molecule is CCC(=O)CC1CCCN1.[HH]. The van der Waals surface area contributed by atoms with Crippen LogP contribution in [0, 0.1) is 0 Å². The second-order valence-corrected chi connectivity index (χ2v) is 2.89. The highest BCUT2D eigenvalue weighted by atomic mass is 16.1. The van der Waals surface area contributed by atoms with Crippen LogP contribution in [0.5, 0.6) is 0 Å². The molecule has 0 aromatic heterocycles. The number of nitrogens with one attached hydrogen (secondary N) is 1. The van der Waals surface area contributed by atoms with Crippen molar-refractivity contribution in [3.8, 4) is 0 Å². The van der Waals surface area contributed by atoms with Crippen molar-refractivity contribution in [2.45, 2.75) is 38.6 Å². The largest absolute Gasteiger partial charge is 0.314 e. The van der Waals surface area contributed by atoms with E-state index in [9.17, 15) is 4.79 Å². The number of Topliss-reactive ketones (excluding diaryl/α,β-unsaturated/α-hetero) is 1. The van der Waals surface area contributed by atoms with Gasteiger partial charge in [0.25, 0.3) is 0 Å². The van der Waals surface area contributed by atoms with Gasteiger partial charge in [0.2, 0.25) is 0 Å². The third-order valence-electron chi connectivity index (χ3n) is 2.03. The fourth-order valence-corrected chi connectivity index (χ4v) is 1.35. The summed E-state index contributed by atoms with van der Waals surface area (Å²) in [4.78, 5) is 10.9. The highest BCUT2D eigenvalue weighted by molar-refractivity contribution is 5.78. The van der Waals surface area contributed by atoms with Gasteiger partial charge in [-0.25, -0.2) is 0 Å². The Morgan fingerprint density at radius 3 is 3.10 bits per heavy atom. The number of hydrogen-bond acceptors (Lipinski definition) is 2. The van der Waals surface area contributed by atoms with E-state index in [1.807, 2.05) is 6.92 Å². The molecule has 2 nitrogen and oxygen atoms in total. The van der Waals surface area contributed by atoms with Crippen LogP contribution >= 0.6 is 0 Å². The molecule has 0 spiro atoms. The molecule has 1 N–H and O–H groups in total. The number of carbonyl (C=O) groups excluding carboxylic acids is 1. The molecule has 1 aliphatic heterocycles. The molecule has 1 aliphatic rings. The van der Waals surface area contributed by atoms with Gasteiger partial charge in [-0.1, -0.05) is 6.92 Å². The van der Waals surface area contributed by atoms with Crippen molar-refractivity contribution < 1.29 is 6.22 Å². The fourth-order valence-electron chi connectivity index (χ4n) is 1.35. The molecule has 1 fully saturated rings. The first-order valence-corrected chi connectivity index (χ1v) is 4.08. The van der Waals surface area contributed by atoms with Crippen molar-refractivity contribution in [2.75, 3.05) is 6.54 Å². The van der Waals surface area contributed by atoms with E-state index < -0.39 is 0 Å². The first-order valence-electron chi connectivity index (χ1n) is 4.08. The smallest absolute Gasteiger partial charge is 0.134 e. The molecule has 0 aliphatic carbocycles. The first kappa shape index (κ1) is 7.73. The Kier molecular flexibility index (Phi) is 2.87. The standard InChI is InChI=1S/C8H15NO.H2/c1-2-8(10)6-7-4-3-5-9-7;/h7,9H,2-6H2,1H3;1H. The Morgan fingerprint density at radius 2 is 2.60 bits per heavy atom. The van der Waals surface area contributed by atoms with Gasteiger partial charge in [-0.3, -0.25) is 4.79 Å². The molecule has 0 saturated carbocycles. The molecule has 1 rings (SSSR count). The summed E-state index contributed by atoms with van der Waals surface area (Å²) in [5.74, 6) is 0.388. The van der Waals surface area contributed by atoms with E-state index in [1.165, 1.54) is 12.8 Å². The molecule has 0 aromatic rings. The summed E-state index contributed by atoms with van der Waals surface area (Å²) in [6.07, 6.45) is 3.86. The van der Waals surface area contributed by atoms with Crippen LogP contribution < -0.4 is 5.32 Å². The van der Waals surface area contributed by atoms with E-state index in [0.717, 1.165) is 13.0 Å². The number of rotatable bonds is 3. The summed E-state index contributed by atoms with van der Waals surface area (Å²) in [7, 11) is 0. The zero-order chi connectivity index (χ0) is 7.40. The molecule has 1 heterocycles. The Morgan fingerprint density at radius 1 is 1.80 bits per heavy atom. The minimum Gasteiger partial charge on any atom is -0.314 e. The Bertz CT molecular complexity index is 121. The monoisotopic (exact) mass is 143 g/mol. The lowest BCUT2D eigenvalue weighted by Gasteiger charge is -2.06. The van der Waals surface area contributed by atoms with E-state index in [4.69, 9.17) is 0 Å². The van der Waals surface area contributed by atoms with Crippen LogP contribution in [0.4, 0.5) is 0 Å². The van der Waals surface area contributed by atoms with Gasteiger partial charge in [0.1, 0.15) is 5.78 Å². The minimum absolute atomic E-state index is 0. The first-order chi connectivity index (χ1) is 4.83. The average molecular weight is 143 g/mol. The molecular formula is C8H17NO. The van der Waals surface area contributed by atoms with Gasteiger partial charge in [-0.15, -0.1) is 0 Å². The number of carbonyl (C=O) groups is 1. The quantitative estimate of drug-likeness (QED) is 0.646. The van der Waals surface area contributed by atoms with Crippen LogP contribution in [0.25, 0.3) is 0 Å². The van der Waals surface area contributed by atoms with E-state index in [1.54, 1.807) is 0 Å². The predicted molar refractivity (Wildman–Crippen MR) is 43.1 cm³/mol. The topological polar surface area (TPSA) is 29.1 Å². The summed E-state index contributed by atoms with van der Waals surface area (Å²) in [6.45, 7) is 3.03. The molecule has 2 heteroatoms. The second-order valence-electron chi connectivity index (χ2n) is 2.89. The Balaban J connectivity index is 0.000001000. The molecule has 0 radical (unpaired) electrons. The lowest BCUT2D eigenvalue weighted by atomic mass is 10.1. The molecule has 0 bridgehead atoms. The summed E-state index contributed by atoms with van der Waals surface area (Å²) in [6, 6.07) is 0.493. The van der Waals surface area contributed by atoms with Crippen molar-refractivity contribution in [3.05, 3.63) is 0 Å². The van der Waals surface area contributed by atoms with E-state index in [0.29, 0.717) is 18.2 Å². The lowest BCUT2D eigenvalue weighted by Crippen LogP contribution is -2.24. The van der Waals surface area contributed by atoms with Gasteiger partial charge < -0.3 is 5.32 Å². The molecule has 60 valence electrons. The van der Waals surface area contributed by atoms with Crippen molar-refractivity contribution in [2.24, 2.45) is 0 Å². The zero-order valence-electron chi connectivity index (χ0n) is 6.52. The number of hydrogen-bond donors (Lipinski definition) is 1. The van der Waals surface area contributed by atoms with Crippen LogP contribution in [0.15, 0.2) is 0 Å². The van der Waals surface area contributed by atoms with Gasteiger partial charge >= 0.3 is 0 Å². The van der Waals surface area contributed by atoms with Gasteiger partial charge in [0.05, 0.1) is 0 Å². The minimum atomic E-state index is 0. The average Bonchev–Trinajstić information content (AvgIpc) is 2.40. The van der Waals surface area contributed by atoms with Crippen LogP contribution in [0.3, 0.4) is 0 Å². The second kappa shape index (κ2) is 3.71. The highest BCUT2D eigenvalue weighted by Gasteiger charge is 2.15. The van der Waals surface area contributed by atoms with E-state index in [2.05, 4.69) is 5.32 Å². The summed E-state index contributed by atoms with van der Waals surface area (Å²) in [5, 5.41) is 3.30.